The van der Waals surface area contributed by atoms with Crippen LogP contribution in [0.25, 0.3) is 10.8 Å². The lowest BCUT2D eigenvalue weighted by molar-refractivity contribution is -0.122. The van der Waals surface area contributed by atoms with Crippen molar-refractivity contribution < 1.29 is 9.59 Å². The third kappa shape index (κ3) is 3.76. The summed E-state index contributed by atoms with van der Waals surface area (Å²) in [6.45, 7) is 5.31. The highest BCUT2D eigenvalue weighted by atomic mass is 16.2. The van der Waals surface area contributed by atoms with Gasteiger partial charge in [0.15, 0.2) is 5.78 Å². The van der Waals surface area contributed by atoms with E-state index in [0.29, 0.717) is 11.3 Å². The van der Waals surface area contributed by atoms with Crippen molar-refractivity contribution in [2.24, 2.45) is 0 Å². The van der Waals surface area contributed by atoms with E-state index in [-0.39, 0.29) is 24.3 Å². The molecule has 0 aliphatic heterocycles. The molecule has 1 heterocycles. The number of benzene rings is 2. The van der Waals surface area contributed by atoms with E-state index in [0.717, 1.165) is 10.9 Å². The van der Waals surface area contributed by atoms with Gasteiger partial charge in [0.05, 0.1) is 17.3 Å². The lowest BCUT2D eigenvalue weighted by Crippen LogP contribution is -2.30. The molecule has 5 nitrogen and oxygen atoms in total. The van der Waals surface area contributed by atoms with Gasteiger partial charge in [-0.3, -0.25) is 14.3 Å². The van der Waals surface area contributed by atoms with Crippen LogP contribution in [0.5, 0.6) is 0 Å². The van der Waals surface area contributed by atoms with Gasteiger partial charge in [-0.25, -0.2) is 0 Å². The average Bonchev–Trinajstić information content (AvgIpc) is 2.94. The summed E-state index contributed by atoms with van der Waals surface area (Å²) in [5.41, 5.74) is 2.24. The number of amides is 1. The second-order valence-corrected chi connectivity index (χ2v) is 6.28. The van der Waals surface area contributed by atoms with Crippen LogP contribution in [0.1, 0.15) is 41.5 Å². The molecule has 0 spiro atoms. The summed E-state index contributed by atoms with van der Waals surface area (Å²) < 4.78 is 1.51. The summed E-state index contributed by atoms with van der Waals surface area (Å²) in [4.78, 5) is 23.8. The number of rotatable bonds is 5. The fraction of sp³-hybridized carbons (Fsp3) is 0.250. The van der Waals surface area contributed by atoms with Crippen LogP contribution in [0.15, 0.2) is 48.7 Å². The molecule has 128 valence electrons. The number of fused-ring (bicyclic) bond motifs is 1. The Kier molecular flexibility index (Phi) is 4.65. The summed E-state index contributed by atoms with van der Waals surface area (Å²) in [5, 5.41) is 9.53. The van der Waals surface area contributed by atoms with Crippen molar-refractivity contribution in [1.29, 1.82) is 0 Å². The molecule has 0 saturated carbocycles. The molecule has 1 unspecified atom stereocenters. The first kappa shape index (κ1) is 16.9. The molecule has 3 aromatic rings. The van der Waals surface area contributed by atoms with Crippen molar-refractivity contribution in [2.45, 2.75) is 33.4 Å². The summed E-state index contributed by atoms with van der Waals surface area (Å²) in [6, 6.07) is 14.2. The zero-order valence-corrected chi connectivity index (χ0v) is 14.6. The Morgan fingerprint density at radius 3 is 2.56 bits per heavy atom. The molecule has 2 aromatic carbocycles. The highest BCUT2D eigenvalue weighted by Crippen LogP contribution is 2.20. The number of carbonyl (C=O) groups excluding carboxylic acids is 2. The van der Waals surface area contributed by atoms with Gasteiger partial charge in [-0.15, -0.1) is 0 Å². The predicted molar refractivity (Wildman–Crippen MR) is 97.5 cm³/mol. The fourth-order valence-electron chi connectivity index (χ4n) is 2.94. The summed E-state index contributed by atoms with van der Waals surface area (Å²) in [6.07, 6.45) is 1.62. The zero-order chi connectivity index (χ0) is 18.0. The average molecular weight is 335 g/mol. The predicted octanol–water partition coefficient (Wildman–Crippen LogP) is 3.42. The SMILES string of the molecule is CC(=O)c1cn(CC(=O)NC(C)c2ccc3ccccc3c2)nc1C. The van der Waals surface area contributed by atoms with Gasteiger partial charge >= 0.3 is 0 Å². The van der Waals surface area contributed by atoms with E-state index in [1.165, 1.54) is 17.0 Å². The Balaban J connectivity index is 1.69. The quantitative estimate of drug-likeness (QED) is 0.727. The molecule has 0 saturated heterocycles. The van der Waals surface area contributed by atoms with Gasteiger partial charge in [0, 0.05) is 6.20 Å². The Morgan fingerprint density at radius 2 is 1.88 bits per heavy atom. The maximum atomic E-state index is 12.3. The Hall–Kier alpha value is -2.95. The van der Waals surface area contributed by atoms with Gasteiger partial charge in [-0.1, -0.05) is 36.4 Å². The summed E-state index contributed by atoms with van der Waals surface area (Å²) in [7, 11) is 0. The van der Waals surface area contributed by atoms with E-state index in [4.69, 9.17) is 0 Å². The first-order valence-electron chi connectivity index (χ1n) is 8.27. The van der Waals surface area contributed by atoms with E-state index in [9.17, 15) is 9.59 Å². The maximum Gasteiger partial charge on any atom is 0.242 e. The van der Waals surface area contributed by atoms with Gasteiger partial charge < -0.3 is 5.32 Å². The normalized spacial score (nSPS) is 12.1. The summed E-state index contributed by atoms with van der Waals surface area (Å²) in [5.74, 6) is -0.188. The van der Waals surface area contributed by atoms with Crippen LogP contribution >= 0.6 is 0 Å². The van der Waals surface area contributed by atoms with Crippen molar-refractivity contribution in [3.05, 3.63) is 65.5 Å². The number of ketones is 1. The van der Waals surface area contributed by atoms with Gasteiger partial charge in [-0.2, -0.15) is 5.10 Å². The van der Waals surface area contributed by atoms with E-state index in [2.05, 4.69) is 34.7 Å². The van der Waals surface area contributed by atoms with Crippen LogP contribution in [0.2, 0.25) is 0 Å². The highest BCUT2D eigenvalue weighted by Gasteiger charge is 2.14. The third-order valence-corrected chi connectivity index (χ3v) is 4.28. The molecule has 1 atom stereocenters. The smallest absolute Gasteiger partial charge is 0.242 e. The van der Waals surface area contributed by atoms with E-state index in [1.54, 1.807) is 13.1 Å². The molecular formula is C20H21N3O2. The number of nitrogens with zero attached hydrogens (tertiary/aromatic N) is 2. The van der Waals surface area contributed by atoms with E-state index >= 15 is 0 Å². The molecule has 0 radical (unpaired) electrons. The molecule has 0 fully saturated rings. The zero-order valence-electron chi connectivity index (χ0n) is 14.6. The van der Waals surface area contributed by atoms with Crippen molar-refractivity contribution in [3.63, 3.8) is 0 Å². The fourth-order valence-corrected chi connectivity index (χ4v) is 2.94. The number of carbonyl (C=O) groups is 2. The standard InChI is InChI=1S/C20H21N3O2/c1-13(17-9-8-16-6-4-5-7-18(16)10-17)21-20(25)12-23-11-19(15(3)24)14(2)22-23/h4-11,13H,12H2,1-3H3,(H,21,25). The van der Waals surface area contributed by atoms with Crippen LogP contribution < -0.4 is 5.32 Å². The van der Waals surface area contributed by atoms with Crippen LogP contribution in [0, 0.1) is 6.92 Å². The molecular weight excluding hydrogens is 314 g/mol. The first-order chi connectivity index (χ1) is 11.9. The van der Waals surface area contributed by atoms with Gasteiger partial charge in [0.2, 0.25) is 5.91 Å². The number of nitrogens with one attached hydrogen (secondary N) is 1. The second-order valence-electron chi connectivity index (χ2n) is 6.28. The summed E-state index contributed by atoms with van der Waals surface area (Å²) >= 11 is 0. The minimum Gasteiger partial charge on any atom is -0.348 e. The minimum absolute atomic E-state index is 0.0475. The Labute approximate surface area is 146 Å². The lowest BCUT2D eigenvalue weighted by atomic mass is 10.0. The van der Waals surface area contributed by atoms with Gasteiger partial charge in [0.25, 0.3) is 0 Å². The number of hydrogen-bond donors (Lipinski definition) is 1. The largest absolute Gasteiger partial charge is 0.348 e. The Morgan fingerprint density at radius 1 is 1.16 bits per heavy atom. The monoisotopic (exact) mass is 335 g/mol. The third-order valence-electron chi connectivity index (χ3n) is 4.28. The molecule has 0 bridgehead atoms. The highest BCUT2D eigenvalue weighted by molar-refractivity contribution is 5.94. The number of hydrogen-bond acceptors (Lipinski definition) is 3. The van der Waals surface area contributed by atoms with E-state index < -0.39 is 0 Å². The molecule has 1 aromatic heterocycles. The van der Waals surface area contributed by atoms with Crippen molar-refractivity contribution >= 4 is 22.5 Å². The van der Waals surface area contributed by atoms with Crippen LogP contribution in [-0.4, -0.2) is 21.5 Å². The minimum atomic E-state index is -0.140. The van der Waals surface area contributed by atoms with E-state index in [1.807, 2.05) is 25.1 Å². The molecule has 0 aliphatic rings. The van der Waals surface area contributed by atoms with Gasteiger partial charge in [0.1, 0.15) is 6.54 Å². The molecule has 0 aliphatic carbocycles. The van der Waals surface area contributed by atoms with Crippen molar-refractivity contribution in [2.75, 3.05) is 0 Å². The number of Topliss-reactive ketones (excluding diaryl/α,β-unsaturated/α-hetero) is 1. The lowest BCUT2D eigenvalue weighted by Gasteiger charge is -2.15. The maximum absolute atomic E-state index is 12.3. The van der Waals surface area contributed by atoms with Crippen LogP contribution in [0.3, 0.4) is 0 Å². The molecule has 1 amide bonds. The van der Waals surface area contributed by atoms with Crippen LogP contribution in [0.4, 0.5) is 0 Å². The number of aromatic nitrogens is 2. The molecule has 25 heavy (non-hydrogen) atoms. The van der Waals surface area contributed by atoms with Crippen LogP contribution in [-0.2, 0) is 11.3 Å². The van der Waals surface area contributed by atoms with Gasteiger partial charge in [-0.05, 0) is 43.2 Å². The topological polar surface area (TPSA) is 64.0 Å². The second kappa shape index (κ2) is 6.89. The molecule has 1 N–H and O–H groups in total. The van der Waals surface area contributed by atoms with Crippen molar-refractivity contribution in [1.82, 2.24) is 15.1 Å². The molecule has 3 rings (SSSR count). The first-order valence-corrected chi connectivity index (χ1v) is 8.27. The molecule has 5 heteroatoms. The van der Waals surface area contributed by atoms with Crippen molar-refractivity contribution in [3.8, 4) is 0 Å². The number of aryl methyl sites for hydroxylation is 1. The Bertz CT molecular complexity index is 943.